The van der Waals surface area contributed by atoms with Gasteiger partial charge in [0.25, 0.3) is 0 Å². The topological polar surface area (TPSA) is 55.2 Å². The van der Waals surface area contributed by atoms with Gasteiger partial charge in [0.15, 0.2) is 0 Å². The Hall–Kier alpha value is -1.44. The molecule has 1 aromatic carbocycles. The summed E-state index contributed by atoms with van der Waals surface area (Å²) >= 11 is 5.86. The van der Waals surface area contributed by atoms with Crippen LogP contribution in [0.5, 0.6) is 0 Å². The van der Waals surface area contributed by atoms with Gasteiger partial charge >= 0.3 is 0 Å². The summed E-state index contributed by atoms with van der Waals surface area (Å²) in [7, 11) is -0.284. The summed E-state index contributed by atoms with van der Waals surface area (Å²) in [5, 5.41) is 4.56. The van der Waals surface area contributed by atoms with Gasteiger partial charge in [0.1, 0.15) is 5.82 Å². The lowest BCUT2D eigenvalue weighted by Crippen LogP contribution is -2.34. The first-order valence-corrected chi connectivity index (χ1v) is 9.68. The van der Waals surface area contributed by atoms with E-state index >= 15 is 0 Å². The maximum atomic E-state index is 13.9. The molecular formula is C16H19ClFN3O2S. The fraction of sp³-hybridized carbons (Fsp3) is 0.438. The van der Waals surface area contributed by atoms with Crippen molar-refractivity contribution in [3.63, 3.8) is 0 Å². The van der Waals surface area contributed by atoms with Crippen LogP contribution in [0.15, 0.2) is 24.4 Å². The predicted octanol–water partition coefficient (Wildman–Crippen LogP) is 3.05. The van der Waals surface area contributed by atoms with Gasteiger partial charge in [-0.25, -0.2) is 12.8 Å². The van der Waals surface area contributed by atoms with Crippen LogP contribution in [0.3, 0.4) is 0 Å². The minimum absolute atomic E-state index is 0.0802. The van der Waals surface area contributed by atoms with Gasteiger partial charge in [0, 0.05) is 35.9 Å². The average Bonchev–Trinajstić information content (AvgIpc) is 2.91. The summed E-state index contributed by atoms with van der Waals surface area (Å²) in [6, 6.07) is 3.68. The molecule has 1 atom stereocenters. The van der Waals surface area contributed by atoms with Crippen molar-refractivity contribution in [2.45, 2.75) is 31.1 Å². The highest BCUT2D eigenvalue weighted by atomic mass is 35.5. The van der Waals surface area contributed by atoms with E-state index < -0.39 is 21.6 Å². The maximum absolute atomic E-state index is 13.9. The van der Waals surface area contributed by atoms with Crippen molar-refractivity contribution >= 4 is 21.6 Å². The molecule has 5 nitrogen and oxygen atoms in total. The molecule has 1 aliphatic carbocycles. The summed E-state index contributed by atoms with van der Waals surface area (Å²) < 4.78 is 42.6. The van der Waals surface area contributed by atoms with E-state index in [0.717, 1.165) is 30.5 Å². The Balaban J connectivity index is 1.89. The second-order valence-electron chi connectivity index (χ2n) is 6.09. The molecular weight excluding hydrogens is 353 g/mol. The van der Waals surface area contributed by atoms with Crippen molar-refractivity contribution in [3.05, 3.63) is 52.1 Å². The smallest absolute Gasteiger partial charge is 0.218 e. The van der Waals surface area contributed by atoms with Gasteiger partial charge in [0.2, 0.25) is 10.0 Å². The lowest BCUT2D eigenvalue weighted by Gasteiger charge is -2.30. The Bertz CT molecular complexity index is 866. The molecule has 130 valence electrons. The molecule has 1 unspecified atom stereocenters. The quantitative estimate of drug-likeness (QED) is 0.830. The molecule has 0 amide bonds. The molecule has 1 aliphatic rings. The van der Waals surface area contributed by atoms with Crippen LogP contribution in [-0.4, -0.2) is 29.6 Å². The molecule has 0 N–H and O–H groups in total. The Morgan fingerprint density at radius 1 is 1.46 bits per heavy atom. The van der Waals surface area contributed by atoms with Gasteiger partial charge < -0.3 is 0 Å². The van der Waals surface area contributed by atoms with Crippen molar-refractivity contribution in [2.24, 2.45) is 7.05 Å². The molecule has 1 heterocycles. The second-order valence-corrected chi connectivity index (χ2v) is 8.55. The molecule has 1 aromatic heterocycles. The number of aromatic nitrogens is 2. The summed E-state index contributed by atoms with van der Waals surface area (Å²) in [6.07, 6.45) is 4.24. The van der Waals surface area contributed by atoms with E-state index in [4.69, 9.17) is 11.6 Å². The van der Waals surface area contributed by atoms with E-state index in [2.05, 4.69) is 5.10 Å². The highest BCUT2D eigenvalue weighted by Gasteiger charge is 2.33. The third-order valence-electron chi connectivity index (χ3n) is 4.57. The third-order valence-corrected chi connectivity index (χ3v) is 6.61. The van der Waals surface area contributed by atoms with E-state index in [1.54, 1.807) is 17.9 Å². The van der Waals surface area contributed by atoms with Crippen LogP contribution in [0.2, 0.25) is 5.02 Å². The zero-order valence-electron chi connectivity index (χ0n) is 13.5. The Kier molecular flexibility index (Phi) is 4.68. The lowest BCUT2D eigenvalue weighted by molar-refractivity contribution is 0.334. The monoisotopic (exact) mass is 371 g/mol. The van der Waals surface area contributed by atoms with Crippen LogP contribution in [0.1, 0.15) is 35.7 Å². The number of sulfonamides is 1. The van der Waals surface area contributed by atoms with Gasteiger partial charge in [0.05, 0.1) is 18.0 Å². The number of nitrogens with zero attached hydrogens (tertiary/aromatic N) is 3. The number of hydrogen-bond donors (Lipinski definition) is 0. The first-order valence-electron chi connectivity index (χ1n) is 7.70. The number of fused-ring (bicyclic) bond motifs is 1. The van der Waals surface area contributed by atoms with Crippen LogP contribution in [0, 0.1) is 5.82 Å². The van der Waals surface area contributed by atoms with Crippen LogP contribution in [-0.2, 0) is 29.2 Å². The first-order chi connectivity index (χ1) is 11.3. The molecule has 0 spiro atoms. The third kappa shape index (κ3) is 3.20. The van der Waals surface area contributed by atoms with Crippen molar-refractivity contribution in [2.75, 3.05) is 7.05 Å². The normalized spacial score (nSPS) is 18.0. The summed E-state index contributed by atoms with van der Waals surface area (Å²) in [4.78, 5) is 0. The second kappa shape index (κ2) is 6.46. The van der Waals surface area contributed by atoms with E-state index in [9.17, 15) is 12.8 Å². The summed E-state index contributed by atoms with van der Waals surface area (Å²) in [5.74, 6) is -0.982. The van der Waals surface area contributed by atoms with E-state index in [1.165, 1.54) is 22.5 Å². The van der Waals surface area contributed by atoms with E-state index in [0.29, 0.717) is 5.02 Å². The van der Waals surface area contributed by atoms with Crippen LogP contribution in [0.4, 0.5) is 4.39 Å². The lowest BCUT2D eigenvalue weighted by atomic mass is 9.93. The van der Waals surface area contributed by atoms with Gasteiger partial charge in [-0.05, 0) is 37.5 Å². The molecule has 0 bridgehead atoms. The molecule has 8 heteroatoms. The summed E-state index contributed by atoms with van der Waals surface area (Å²) in [5.41, 5.74) is 2.07. The molecule has 0 radical (unpaired) electrons. The number of benzene rings is 1. The Labute approximate surface area is 146 Å². The number of hydrogen-bond acceptors (Lipinski definition) is 3. The molecule has 0 aliphatic heterocycles. The van der Waals surface area contributed by atoms with Crippen LogP contribution in [0.25, 0.3) is 0 Å². The number of rotatable bonds is 4. The molecule has 0 saturated carbocycles. The molecule has 0 fully saturated rings. The Morgan fingerprint density at radius 2 is 2.21 bits per heavy atom. The van der Waals surface area contributed by atoms with E-state index in [1.807, 2.05) is 7.05 Å². The van der Waals surface area contributed by atoms with E-state index in [-0.39, 0.29) is 11.6 Å². The summed E-state index contributed by atoms with van der Waals surface area (Å²) in [6.45, 7) is 0. The zero-order chi connectivity index (χ0) is 17.5. The maximum Gasteiger partial charge on any atom is 0.218 e. The largest absolute Gasteiger partial charge is 0.272 e. The van der Waals surface area contributed by atoms with Gasteiger partial charge in [-0.1, -0.05) is 11.6 Å². The van der Waals surface area contributed by atoms with Gasteiger partial charge in [-0.15, -0.1) is 0 Å². The molecule has 0 saturated heterocycles. The molecule has 3 rings (SSSR count). The highest BCUT2D eigenvalue weighted by Crippen LogP contribution is 2.35. The standard InChI is InChI=1S/C16H19ClFN3O2S/c1-20-15-4-3-5-16(13(15)9-19-20)21(2)24(22,23)10-11-8-12(17)6-7-14(11)18/h6-9,16H,3-5,10H2,1-2H3. The van der Waals surface area contributed by atoms with Gasteiger partial charge in [-0.2, -0.15) is 9.40 Å². The Morgan fingerprint density at radius 3 is 2.96 bits per heavy atom. The minimum atomic E-state index is -3.69. The molecule has 24 heavy (non-hydrogen) atoms. The first kappa shape index (κ1) is 17.4. The fourth-order valence-electron chi connectivity index (χ4n) is 3.21. The number of aryl methyl sites for hydroxylation is 1. The van der Waals surface area contributed by atoms with Gasteiger partial charge in [-0.3, -0.25) is 4.68 Å². The van der Waals surface area contributed by atoms with Crippen molar-refractivity contribution in [1.82, 2.24) is 14.1 Å². The SMILES string of the molecule is CN(C1CCCc2c1cnn2C)S(=O)(=O)Cc1cc(Cl)ccc1F. The van der Waals surface area contributed by atoms with Crippen molar-refractivity contribution < 1.29 is 12.8 Å². The minimum Gasteiger partial charge on any atom is -0.272 e. The van der Waals surface area contributed by atoms with Crippen molar-refractivity contribution in [1.29, 1.82) is 0 Å². The fourth-order valence-corrected chi connectivity index (χ4v) is 4.83. The average molecular weight is 372 g/mol. The number of halogens is 2. The van der Waals surface area contributed by atoms with Crippen molar-refractivity contribution in [3.8, 4) is 0 Å². The van der Waals surface area contributed by atoms with Crippen LogP contribution < -0.4 is 0 Å². The predicted molar refractivity (Wildman–Crippen MR) is 90.7 cm³/mol. The van der Waals surface area contributed by atoms with Crippen LogP contribution >= 0.6 is 11.6 Å². The highest BCUT2D eigenvalue weighted by molar-refractivity contribution is 7.88. The zero-order valence-corrected chi connectivity index (χ0v) is 15.1. The molecule has 2 aromatic rings.